The van der Waals surface area contributed by atoms with E-state index in [0.29, 0.717) is 11.5 Å². The van der Waals surface area contributed by atoms with Crippen LogP contribution in [0, 0.1) is 21.8 Å². The van der Waals surface area contributed by atoms with Crippen molar-refractivity contribution in [2.45, 2.75) is 25.3 Å². The van der Waals surface area contributed by atoms with Crippen LogP contribution in [0.2, 0.25) is 0 Å². The molecule has 3 rings (SSSR count). The molecule has 0 spiro atoms. The van der Waals surface area contributed by atoms with Crippen LogP contribution in [0.25, 0.3) is 0 Å². The van der Waals surface area contributed by atoms with Crippen molar-refractivity contribution in [3.05, 3.63) is 33.6 Å². The summed E-state index contributed by atoms with van der Waals surface area (Å²) in [4.78, 5) is 12.6. The van der Waals surface area contributed by atoms with Gasteiger partial charge >= 0.3 is 0 Å². The highest BCUT2D eigenvalue weighted by atomic mass is 35.5. The van der Waals surface area contributed by atoms with E-state index in [1.807, 2.05) is 0 Å². The minimum Gasteiger partial charge on any atom is -0.505 e. The van der Waals surface area contributed by atoms with Gasteiger partial charge in [-0.3, -0.25) is 15.0 Å². The van der Waals surface area contributed by atoms with E-state index in [4.69, 9.17) is 0 Å². The highest BCUT2D eigenvalue weighted by Crippen LogP contribution is 2.45. The molecule has 1 aromatic rings. The van der Waals surface area contributed by atoms with E-state index in [2.05, 4.69) is 10.2 Å². The first-order valence-electron chi connectivity index (χ1n) is 7.69. The molecule has 2 N–H and O–H groups in total. The largest absolute Gasteiger partial charge is 0.505 e. The lowest BCUT2D eigenvalue weighted by molar-refractivity contribution is -0.385. The Morgan fingerprint density at radius 1 is 1.29 bits per heavy atom. The third kappa shape index (κ3) is 4.08. The Morgan fingerprint density at radius 3 is 2.42 bits per heavy atom. The Hall–Kier alpha value is -1.15. The van der Waals surface area contributed by atoms with E-state index in [0.717, 1.165) is 51.5 Å². The van der Waals surface area contributed by atoms with Gasteiger partial charge in [-0.1, -0.05) is 6.42 Å². The van der Waals surface area contributed by atoms with Gasteiger partial charge < -0.3 is 10.4 Å². The third-order valence-corrected chi connectivity index (χ3v) is 4.75. The van der Waals surface area contributed by atoms with Crippen LogP contribution in [0.4, 0.5) is 10.1 Å². The topological polar surface area (TPSA) is 78.6 Å². The van der Waals surface area contributed by atoms with Crippen molar-refractivity contribution in [1.29, 1.82) is 0 Å². The van der Waals surface area contributed by atoms with Crippen molar-refractivity contribution >= 4 is 30.5 Å². The van der Waals surface area contributed by atoms with Gasteiger partial charge in [0.25, 0.3) is 5.69 Å². The third-order valence-electron chi connectivity index (χ3n) is 4.75. The molecule has 1 aliphatic heterocycles. The lowest BCUT2D eigenvalue weighted by Gasteiger charge is -2.43. The fraction of sp³-hybridized carbons (Fsp3) is 0.600. The predicted molar refractivity (Wildman–Crippen MR) is 93.7 cm³/mol. The molecule has 0 bridgehead atoms. The smallest absolute Gasteiger partial charge is 0.272 e. The van der Waals surface area contributed by atoms with E-state index in [-0.39, 0.29) is 36.5 Å². The Kier molecular flexibility index (Phi) is 7.66. The predicted octanol–water partition coefficient (Wildman–Crippen LogP) is 3.03. The molecule has 2 fully saturated rings. The van der Waals surface area contributed by atoms with Crippen molar-refractivity contribution in [2.75, 3.05) is 26.2 Å². The minimum absolute atomic E-state index is 0. The molecule has 1 aromatic carbocycles. The minimum atomic E-state index is -0.913. The summed E-state index contributed by atoms with van der Waals surface area (Å²) >= 11 is 0. The maximum absolute atomic E-state index is 13.9. The number of piperazine rings is 1. The van der Waals surface area contributed by atoms with Gasteiger partial charge in [0.05, 0.1) is 11.0 Å². The number of halogens is 3. The maximum Gasteiger partial charge on any atom is 0.272 e. The number of hydrogen-bond acceptors (Lipinski definition) is 5. The van der Waals surface area contributed by atoms with Gasteiger partial charge in [-0.15, -0.1) is 24.8 Å². The average Bonchev–Trinajstić information content (AvgIpc) is 2.46. The van der Waals surface area contributed by atoms with E-state index < -0.39 is 16.5 Å². The number of phenols is 1. The molecule has 1 atom stereocenters. The highest BCUT2D eigenvalue weighted by Gasteiger charge is 2.36. The molecular formula is C15H22Cl2FN3O3. The summed E-state index contributed by atoms with van der Waals surface area (Å²) in [6.07, 6.45) is 3.14. The van der Waals surface area contributed by atoms with Crippen LogP contribution in [-0.4, -0.2) is 41.1 Å². The number of nitro benzene ring substituents is 1. The molecule has 136 valence electrons. The first-order valence-corrected chi connectivity index (χ1v) is 7.69. The number of benzene rings is 1. The molecule has 9 heteroatoms. The Balaban J connectivity index is 0.00000144. The number of non-ortho nitro benzene ring substituents is 1. The molecule has 24 heavy (non-hydrogen) atoms. The van der Waals surface area contributed by atoms with Gasteiger partial charge in [-0.2, -0.15) is 0 Å². The van der Waals surface area contributed by atoms with Gasteiger partial charge in [-0.05, 0) is 18.8 Å². The lowest BCUT2D eigenvalue weighted by atomic mass is 9.76. The highest BCUT2D eigenvalue weighted by molar-refractivity contribution is 5.85. The Labute approximate surface area is 152 Å². The van der Waals surface area contributed by atoms with Crippen molar-refractivity contribution in [1.82, 2.24) is 10.2 Å². The lowest BCUT2D eigenvalue weighted by Crippen LogP contribution is -2.47. The van der Waals surface area contributed by atoms with Crippen LogP contribution in [0.5, 0.6) is 5.75 Å². The fourth-order valence-electron chi connectivity index (χ4n) is 3.40. The first-order chi connectivity index (χ1) is 10.6. The molecule has 6 nitrogen and oxygen atoms in total. The zero-order valence-electron chi connectivity index (χ0n) is 13.1. The standard InChI is InChI=1S/C15H20FN3O3.2ClH/c16-13-9-11(19(21)22)8-12(15(13)20)14(10-2-1-3-10)18-6-4-17-5-7-18;;/h8-10,14,17,20H,1-7H2;2*1H/t14-;;/m0../s1. The SMILES string of the molecule is Cl.Cl.O=[N+]([O-])c1cc(F)c(O)c([C@H](C2CCC2)N2CCNCC2)c1. The molecule has 0 aromatic heterocycles. The normalized spacial score (nSPS) is 19.5. The van der Waals surface area contributed by atoms with Crippen LogP contribution in [-0.2, 0) is 0 Å². The molecule has 1 saturated heterocycles. The second kappa shape index (κ2) is 8.80. The number of aromatic hydroxyl groups is 1. The molecular weight excluding hydrogens is 360 g/mol. The summed E-state index contributed by atoms with van der Waals surface area (Å²) in [5, 5.41) is 24.4. The van der Waals surface area contributed by atoms with E-state index in [9.17, 15) is 19.6 Å². The summed E-state index contributed by atoms with van der Waals surface area (Å²) in [6.45, 7) is 3.26. The van der Waals surface area contributed by atoms with Gasteiger partial charge in [0.15, 0.2) is 11.6 Å². The number of nitrogens with one attached hydrogen (secondary N) is 1. The molecule has 0 radical (unpaired) electrons. The van der Waals surface area contributed by atoms with E-state index >= 15 is 0 Å². The first kappa shape index (κ1) is 20.9. The number of rotatable bonds is 4. The summed E-state index contributed by atoms with van der Waals surface area (Å²) in [6, 6.07) is 1.97. The van der Waals surface area contributed by atoms with Gasteiger partial charge in [0, 0.05) is 43.9 Å². The van der Waals surface area contributed by atoms with Gasteiger partial charge in [0.2, 0.25) is 0 Å². The molecule has 0 unspecified atom stereocenters. The van der Waals surface area contributed by atoms with Gasteiger partial charge in [0.1, 0.15) is 0 Å². The number of nitrogens with zero attached hydrogens (tertiary/aromatic N) is 2. The zero-order chi connectivity index (χ0) is 15.7. The summed E-state index contributed by atoms with van der Waals surface area (Å²) in [5.41, 5.74) is 0.0584. The summed E-state index contributed by atoms with van der Waals surface area (Å²) < 4.78 is 13.9. The monoisotopic (exact) mass is 381 g/mol. The van der Waals surface area contributed by atoms with Crippen molar-refractivity contribution in [3.8, 4) is 5.75 Å². The van der Waals surface area contributed by atoms with Crippen LogP contribution in [0.3, 0.4) is 0 Å². The second-order valence-corrected chi connectivity index (χ2v) is 6.04. The quantitative estimate of drug-likeness (QED) is 0.618. The van der Waals surface area contributed by atoms with E-state index in [1.165, 1.54) is 6.07 Å². The molecule has 1 saturated carbocycles. The van der Waals surface area contributed by atoms with Crippen LogP contribution in [0.15, 0.2) is 12.1 Å². The second-order valence-electron chi connectivity index (χ2n) is 6.04. The summed E-state index contributed by atoms with van der Waals surface area (Å²) in [5.74, 6) is -1.03. The van der Waals surface area contributed by atoms with E-state index in [1.54, 1.807) is 0 Å². The maximum atomic E-state index is 13.9. The average molecular weight is 382 g/mol. The number of nitro groups is 1. The van der Waals surface area contributed by atoms with Gasteiger partial charge in [-0.25, -0.2) is 4.39 Å². The molecule has 0 amide bonds. The van der Waals surface area contributed by atoms with Crippen molar-refractivity contribution < 1.29 is 14.4 Å². The Morgan fingerprint density at radius 2 is 1.92 bits per heavy atom. The molecule has 1 heterocycles. The van der Waals surface area contributed by atoms with Crippen LogP contribution in [0.1, 0.15) is 30.9 Å². The molecule has 1 aliphatic carbocycles. The summed E-state index contributed by atoms with van der Waals surface area (Å²) in [7, 11) is 0. The fourth-order valence-corrected chi connectivity index (χ4v) is 3.40. The van der Waals surface area contributed by atoms with Crippen molar-refractivity contribution in [3.63, 3.8) is 0 Å². The van der Waals surface area contributed by atoms with Crippen molar-refractivity contribution in [2.24, 2.45) is 5.92 Å². The van der Waals surface area contributed by atoms with Crippen LogP contribution < -0.4 is 5.32 Å². The zero-order valence-corrected chi connectivity index (χ0v) is 14.7. The molecule has 2 aliphatic rings. The van der Waals surface area contributed by atoms with Crippen LogP contribution >= 0.6 is 24.8 Å². The number of phenolic OH excluding ortho intramolecular Hbond substituents is 1. The number of hydrogen-bond donors (Lipinski definition) is 2. The Bertz CT molecular complexity index is 581.